The molecule has 8 nitrogen and oxygen atoms in total. The van der Waals surface area contributed by atoms with E-state index < -0.39 is 0 Å². The summed E-state index contributed by atoms with van der Waals surface area (Å²) < 4.78 is 17.3. The van der Waals surface area contributed by atoms with E-state index in [0.29, 0.717) is 36.4 Å². The van der Waals surface area contributed by atoms with Crippen molar-refractivity contribution in [1.29, 1.82) is 0 Å². The van der Waals surface area contributed by atoms with Crippen LogP contribution in [0, 0.1) is 6.92 Å². The summed E-state index contributed by atoms with van der Waals surface area (Å²) in [5.41, 5.74) is 3.56. The maximum Gasteiger partial charge on any atom is 0.253 e. The van der Waals surface area contributed by atoms with Gasteiger partial charge < -0.3 is 18.6 Å². The fourth-order valence-corrected chi connectivity index (χ4v) is 4.17. The molecule has 0 atom stereocenters. The van der Waals surface area contributed by atoms with Crippen molar-refractivity contribution in [2.75, 3.05) is 37.7 Å². The Morgan fingerprint density at radius 1 is 0.939 bits per heavy atom. The van der Waals surface area contributed by atoms with E-state index in [2.05, 4.69) is 37.3 Å². The van der Waals surface area contributed by atoms with Crippen LogP contribution in [0.15, 0.2) is 63.5 Å². The molecule has 0 N–H and O–H groups in total. The van der Waals surface area contributed by atoms with Gasteiger partial charge >= 0.3 is 0 Å². The van der Waals surface area contributed by atoms with Gasteiger partial charge in [-0.15, -0.1) is 10.2 Å². The molecule has 1 aliphatic rings. The zero-order chi connectivity index (χ0) is 22.6. The van der Waals surface area contributed by atoms with Crippen molar-refractivity contribution in [1.82, 2.24) is 20.3 Å². The van der Waals surface area contributed by atoms with Gasteiger partial charge in [0.15, 0.2) is 0 Å². The molecule has 170 valence electrons. The largest absolute Gasteiger partial charge is 0.492 e. The molecule has 5 rings (SSSR count). The van der Waals surface area contributed by atoms with Crippen molar-refractivity contribution in [3.63, 3.8) is 0 Å². The number of hydrogen-bond acceptors (Lipinski definition) is 8. The first kappa shape index (κ1) is 21.2. The van der Waals surface area contributed by atoms with E-state index in [-0.39, 0.29) is 0 Å². The number of nitrogens with zero attached hydrogens (tertiary/aromatic N) is 5. The summed E-state index contributed by atoms with van der Waals surface area (Å²) in [4.78, 5) is 4.70. The van der Waals surface area contributed by atoms with Crippen LogP contribution in [0.25, 0.3) is 22.7 Å². The summed E-state index contributed by atoms with van der Waals surface area (Å²) in [7, 11) is 0. The van der Waals surface area contributed by atoms with Gasteiger partial charge in [-0.25, -0.2) is 0 Å². The van der Waals surface area contributed by atoms with E-state index in [4.69, 9.17) is 13.7 Å². The van der Waals surface area contributed by atoms with Crippen molar-refractivity contribution in [2.45, 2.75) is 20.4 Å². The zero-order valence-electron chi connectivity index (χ0n) is 18.9. The van der Waals surface area contributed by atoms with Gasteiger partial charge in [0.05, 0.1) is 18.8 Å². The summed E-state index contributed by atoms with van der Waals surface area (Å²) in [5, 5.41) is 12.8. The average molecular weight is 446 g/mol. The monoisotopic (exact) mass is 445 g/mol. The molecular weight excluding hydrogens is 418 g/mol. The highest BCUT2D eigenvalue weighted by atomic mass is 16.5. The smallest absolute Gasteiger partial charge is 0.253 e. The molecule has 33 heavy (non-hydrogen) atoms. The Morgan fingerprint density at radius 3 is 2.48 bits per heavy atom. The minimum atomic E-state index is 0.437. The fraction of sp³-hybridized carbons (Fsp3) is 0.320. The molecule has 1 saturated heterocycles. The summed E-state index contributed by atoms with van der Waals surface area (Å²) >= 11 is 0. The third-order valence-electron chi connectivity index (χ3n) is 5.83. The highest BCUT2D eigenvalue weighted by Crippen LogP contribution is 2.33. The molecule has 2 aromatic heterocycles. The Hall–Kier alpha value is -3.65. The first-order chi connectivity index (χ1) is 16.2. The molecular formula is C25H27N5O3. The quantitative estimate of drug-likeness (QED) is 0.414. The number of aromatic nitrogens is 3. The van der Waals surface area contributed by atoms with E-state index >= 15 is 0 Å². The predicted molar refractivity (Wildman–Crippen MR) is 125 cm³/mol. The first-order valence-electron chi connectivity index (χ1n) is 11.3. The van der Waals surface area contributed by atoms with Crippen LogP contribution < -0.4 is 9.64 Å². The lowest BCUT2D eigenvalue weighted by Crippen LogP contribution is -2.46. The second-order valence-corrected chi connectivity index (χ2v) is 7.99. The molecule has 0 bridgehead atoms. The Balaban J connectivity index is 1.26. The molecule has 1 fully saturated rings. The number of ether oxygens (including phenoxy) is 1. The lowest BCUT2D eigenvalue weighted by molar-refractivity contribution is 0.226. The Kier molecular flexibility index (Phi) is 6.08. The average Bonchev–Trinajstić information content (AvgIpc) is 3.47. The molecule has 0 unspecified atom stereocenters. The third kappa shape index (κ3) is 4.47. The van der Waals surface area contributed by atoms with Crippen molar-refractivity contribution >= 4 is 5.69 Å². The van der Waals surface area contributed by atoms with E-state index in [1.807, 2.05) is 56.3 Å². The number of benzene rings is 2. The van der Waals surface area contributed by atoms with Crippen LogP contribution in [0.3, 0.4) is 0 Å². The molecule has 0 saturated carbocycles. The molecule has 1 aliphatic heterocycles. The van der Waals surface area contributed by atoms with Crippen molar-refractivity contribution < 1.29 is 13.7 Å². The predicted octanol–water partition coefficient (Wildman–Crippen LogP) is 4.42. The molecule has 0 spiro atoms. The van der Waals surface area contributed by atoms with Crippen molar-refractivity contribution in [3.05, 3.63) is 66.2 Å². The van der Waals surface area contributed by atoms with Crippen LogP contribution in [0.2, 0.25) is 0 Å². The minimum absolute atomic E-state index is 0.437. The second kappa shape index (κ2) is 9.46. The number of hydrogen-bond donors (Lipinski definition) is 0. The van der Waals surface area contributed by atoms with Crippen LogP contribution >= 0.6 is 0 Å². The summed E-state index contributed by atoms with van der Waals surface area (Å²) in [6, 6.07) is 18.1. The zero-order valence-corrected chi connectivity index (χ0v) is 18.9. The lowest BCUT2D eigenvalue weighted by atomic mass is 10.1. The van der Waals surface area contributed by atoms with Gasteiger partial charge in [0.25, 0.3) is 5.89 Å². The Labute approximate surface area is 192 Å². The first-order valence-corrected chi connectivity index (χ1v) is 11.3. The van der Waals surface area contributed by atoms with Gasteiger partial charge in [0.1, 0.15) is 22.8 Å². The van der Waals surface area contributed by atoms with Gasteiger partial charge in [-0.1, -0.05) is 47.6 Å². The number of rotatable bonds is 7. The van der Waals surface area contributed by atoms with Crippen LogP contribution in [0.1, 0.15) is 18.6 Å². The SMILES string of the molecule is CCOc1ccccc1N1CCN(Cc2nnc(-c3c(-c4ccccc4)noc3C)o2)CC1. The number of aryl methyl sites for hydroxylation is 1. The van der Waals surface area contributed by atoms with E-state index in [1.54, 1.807) is 0 Å². The number of piperazine rings is 1. The van der Waals surface area contributed by atoms with Crippen LogP contribution in [0.5, 0.6) is 5.75 Å². The molecule has 4 aromatic rings. The maximum atomic E-state index is 6.04. The number of para-hydroxylation sites is 2. The molecule has 2 aromatic carbocycles. The maximum absolute atomic E-state index is 6.04. The van der Waals surface area contributed by atoms with Crippen LogP contribution in [0.4, 0.5) is 5.69 Å². The standard InChI is InChI=1S/C25H27N5O3/c1-3-31-21-12-8-7-11-20(21)30-15-13-29(14-16-30)17-22-26-27-25(32-22)23-18(2)33-28-24(23)19-9-5-4-6-10-19/h4-12H,3,13-17H2,1-2H3. The van der Waals surface area contributed by atoms with Crippen LogP contribution in [-0.4, -0.2) is 53.0 Å². The topological polar surface area (TPSA) is 80.7 Å². The van der Waals surface area contributed by atoms with Gasteiger partial charge in [0, 0.05) is 31.7 Å². The fourth-order valence-electron chi connectivity index (χ4n) is 4.17. The summed E-state index contributed by atoms with van der Waals surface area (Å²) in [6.07, 6.45) is 0. The minimum Gasteiger partial charge on any atom is -0.492 e. The van der Waals surface area contributed by atoms with E-state index in [0.717, 1.165) is 48.7 Å². The van der Waals surface area contributed by atoms with Crippen molar-refractivity contribution in [3.8, 4) is 28.5 Å². The summed E-state index contributed by atoms with van der Waals surface area (Å²) in [5.74, 6) is 2.62. The Bertz CT molecular complexity index is 1200. The third-order valence-corrected chi connectivity index (χ3v) is 5.83. The van der Waals surface area contributed by atoms with Gasteiger partial charge in [0.2, 0.25) is 5.89 Å². The van der Waals surface area contributed by atoms with E-state index in [9.17, 15) is 0 Å². The summed E-state index contributed by atoms with van der Waals surface area (Å²) in [6.45, 7) is 8.77. The van der Waals surface area contributed by atoms with E-state index in [1.165, 1.54) is 0 Å². The second-order valence-electron chi connectivity index (χ2n) is 7.99. The highest BCUT2D eigenvalue weighted by molar-refractivity contribution is 5.77. The Morgan fingerprint density at radius 2 is 1.70 bits per heavy atom. The van der Waals surface area contributed by atoms with Gasteiger partial charge in [-0.2, -0.15) is 0 Å². The molecule has 0 aliphatic carbocycles. The van der Waals surface area contributed by atoms with Gasteiger partial charge in [-0.05, 0) is 26.0 Å². The highest BCUT2D eigenvalue weighted by Gasteiger charge is 2.24. The molecule has 3 heterocycles. The normalized spacial score (nSPS) is 14.5. The molecule has 0 amide bonds. The molecule has 8 heteroatoms. The van der Waals surface area contributed by atoms with Gasteiger partial charge in [-0.3, -0.25) is 4.90 Å². The lowest BCUT2D eigenvalue weighted by Gasteiger charge is -2.36. The van der Waals surface area contributed by atoms with Crippen LogP contribution in [-0.2, 0) is 6.54 Å². The molecule has 0 radical (unpaired) electrons. The van der Waals surface area contributed by atoms with Crippen molar-refractivity contribution in [2.24, 2.45) is 0 Å². The number of anilines is 1.